The number of ether oxygens (including phenoxy) is 1. The number of hydrogen-bond donors (Lipinski definition) is 3. The van der Waals surface area contributed by atoms with Crippen LogP contribution >= 0.6 is 0 Å². The van der Waals surface area contributed by atoms with Crippen LogP contribution in [0.4, 0.5) is 23.7 Å². The summed E-state index contributed by atoms with van der Waals surface area (Å²) < 4.78 is 40.0. The van der Waals surface area contributed by atoms with Gasteiger partial charge in [-0.25, -0.2) is 4.79 Å². The Bertz CT molecular complexity index is 767. The maximum Gasteiger partial charge on any atom is 0.573 e. The zero-order valence-electron chi connectivity index (χ0n) is 14.6. The minimum Gasteiger partial charge on any atom is -0.406 e. The minimum atomic E-state index is -4.81. The molecule has 152 valence electrons. The molecule has 0 bridgehead atoms. The van der Waals surface area contributed by atoms with Gasteiger partial charge in [-0.3, -0.25) is 19.7 Å². The topological polar surface area (TPSA) is 117 Å². The van der Waals surface area contributed by atoms with Crippen LogP contribution in [0, 0.1) is 0 Å². The second kappa shape index (κ2) is 8.59. The van der Waals surface area contributed by atoms with Gasteiger partial charge >= 0.3 is 12.4 Å². The third kappa shape index (κ3) is 6.45. The summed E-state index contributed by atoms with van der Waals surface area (Å²) in [5, 5.41) is 6.84. The lowest BCUT2D eigenvalue weighted by Gasteiger charge is -2.17. The first-order valence-electron chi connectivity index (χ1n) is 8.04. The van der Waals surface area contributed by atoms with E-state index < -0.39 is 41.9 Å². The highest BCUT2D eigenvalue weighted by molar-refractivity contribution is 6.04. The standard InChI is InChI=1S/C16H17F3N4O5/c1-23(13(25)7-6-11-14(26)22-15(27)21-11)8-12(24)20-9-2-4-10(5-3-9)28-16(17,18)19/h2-5,11H,6-8H2,1H3,(H,20,24)(H2,21,22,26,27). The molecule has 0 spiro atoms. The van der Waals surface area contributed by atoms with Gasteiger partial charge in [0.1, 0.15) is 11.8 Å². The first kappa shape index (κ1) is 21.0. The Morgan fingerprint density at radius 2 is 1.86 bits per heavy atom. The largest absolute Gasteiger partial charge is 0.573 e. The predicted molar refractivity (Wildman–Crippen MR) is 89.1 cm³/mol. The number of nitrogens with zero attached hydrogens (tertiary/aromatic N) is 1. The van der Waals surface area contributed by atoms with Gasteiger partial charge in [-0.05, 0) is 30.7 Å². The second-order valence-corrected chi connectivity index (χ2v) is 5.92. The van der Waals surface area contributed by atoms with E-state index in [4.69, 9.17) is 0 Å². The van der Waals surface area contributed by atoms with Gasteiger partial charge in [-0.15, -0.1) is 13.2 Å². The maximum absolute atomic E-state index is 12.1. The first-order chi connectivity index (χ1) is 13.0. The second-order valence-electron chi connectivity index (χ2n) is 5.92. The summed E-state index contributed by atoms with van der Waals surface area (Å²) in [4.78, 5) is 47.5. The average Bonchev–Trinajstić information content (AvgIpc) is 2.90. The molecule has 3 N–H and O–H groups in total. The van der Waals surface area contributed by atoms with Gasteiger partial charge in [0.15, 0.2) is 0 Å². The lowest BCUT2D eigenvalue weighted by molar-refractivity contribution is -0.274. The van der Waals surface area contributed by atoms with E-state index in [1.807, 2.05) is 5.32 Å². The summed E-state index contributed by atoms with van der Waals surface area (Å²) in [5.74, 6) is -1.93. The number of anilines is 1. The molecule has 0 aromatic heterocycles. The predicted octanol–water partition coefficient (Wildman–Crippen LogP) is 0.970. The quantitative estimate of drug-likeness (QED) is 0.588. The van der Waals surface area contributed by atoms with Crippen LogP contribution in [-0.4, -0.2) is 54.6 Å². The van der Waals surface area contributed by atoms with Crippen molar-refractivity contribution >= 4 is 29.4 Å². The van der Waals surface area contributed by atoms with Gasteiger partial charge < -0.3 is 20.3 Å². The average molecular weight is 402 g/mol. The van der Waals surface area contributed by atoms with Crippen LogP contribution in [0.25, 0.3) is 0 Å². The molecular weight excluding hydrogens is 385 g/mol. The molecule has 12 heteroatoms. The molecular formula is C16H17F3N4O5. The third-order valence-electron chi connectivity index (χ3n) is 3.68. The summed E-state index contributed by atoms with van der Waals surface area (Å²) in [7, 11) is 1.38. The zero-order chi connectivity index (χ0) is 20.9. The van der Waals surface area contributed by atoms with E-state index in [0.717, 1.165) is 17.0 Å². The van der Waals surface area contributed by atoms with Gasteiger partial charge in [0, 0.05) is 19.2 Å². The van der Waals surface area contributed by atoms with E-state index >= 15 is 0 Å². The van der Waals surface area contributed by atoms with Crippen molar-refractivity contribution in [2.45, 2.75) is 25.2 Å². The van der Waals surface area contributed by atoms with Gasteiger partial charge in [0.05, 0.1) is 6.54 Å². The van der Waals surface area contributed by atoms with Crippen LogP contribution in [0.5, 0.6) is 5.75 Å². The molecule has 1 aliphatic heterocycles. The Labute approximate surface area is 157 Å². The van der Waals surface area contributed by atoms with E-state index in [1.54, 1.807) is 0 Å². The van der Waals surface area contributed by atoms with Gasteiger partial charge in [-0.1, -0.05) is 0 Å². The van der Waals surface area contributed by atoms with Crippen molar-refractivity contribution < 1.29 is 37.1 Å². The van der Waals surface area contributed by atoms with Gasteiger partial charge in [0.25, 0.3) is 5.91 Å². The molecule has 9 nitrogen and oxygen atoms in total. The summed E-state index contributed by atoms with van der Waals surface area (Å²) in [6, 6.07) is 3.11. The molecule has 0 saturated carbocycles. The Morgan fingerprint density at radius 1 is 1.21 bits per heavy atom. The number of rotatable bonds is 7. The highest BCUT2D eigenvalue weighted by Gasteiger charge is 2.31. The van der Waals surface area contributed by atoms with Crippen LogP contribution in [0.15, 0.2) is 24.3 Å². The fourth-order valence-corrected chi connectivity index (χ4v) is 2.36. The fourth-order valence-electron chi connectivity index (χ4n) is 2.36. The summed E-state index contributed by atoms with van der Waals surface area (Å²) >= 11 is 0. The fraction of sp³-hybridized carbons (Fsp3) is 0.375. The molecule has 1 atom stereocenters. The van der Waals surface area contributed by atoms with Crippen molar-refractivity contribution in [3.05, 3.63) is 24.3 Å². The Hall–Kier alpha value is -3.31. The molecule has 0 radical (unpaired) electrons. The number of amides is 5. The molecule has 5 amide bonds. The molecule has 0 aliphatic carbocycles. The molecule has 1 aromatic carbocycles. The number of imide groups is 1. The van der Waals surface area contributed by atoms with Gasteiger partial charge in [-0.2, -0.15) is 0 Å². The molecule has 28 heavy (non-hydrogen) atoms. The lowest BCUT2D eigenvalue weighted by atomic mass is 10.1. The Morgan fingerprint density at radius 3 is 2.39 bits per heavy atom. The lowest BCUT2D eigenvalue weighted by Crippen LogP contribution is -2.36. The SMILES string of the molecule is CN(CC(=O)Nc1ccc(OC(F)(F)F)cc1)C(=O)CCC1NC(=O)NC1=O. The number of benzene rings is 1. The Balaban J connectivity index is 1.77. The molecule has 1 aromatic rings. The third-order valence-corrected chi connectivity index (χ3v) is 3.68. The van der Waals surface area contributed by atoms with Crippen molar-refractivity contribution in [2.24, 2.45) is 0 Å². The van der Waals surface area contributed by atoms with Crippen molar-refractivity contribution in [1.29, 1.82) is 0 Å². The summed E-state index contributed by atoms with van der Waals surface area (Å²) in [5.41, 5.74) is 0.228. The highest BCUT2D eigenvalue weighted by atomic mass is 19.4. The number of hydrogen-bond acceptors (Lipinski definition) is 5. The van der Waals surface area contributed by atoms with Crippen molar-refractivity contribution in [2.75, 3.05) is 18.9 Å². The number of carbonyl (C=O) groups excluding carboxylic acids is 4. The van der Waals surface area contributed by atoms with Crippen molar-refractivity contribution in [1.82, 2.24) is 15.5 Å². The number of carbonyl (C=O) groups is 4. The van der Waals surface area contributed by atoms with Crippen LogP contribution in [0.2, 0.25) is 0 Å². The number of likely N-dealkylation sites (N-methyl/N-ethyl adjacent to an activating group) is 1. The number of nitrogens with one attached hydrogen (secondary N) is 3. The van der Waals surface area contributed by atoms with E-state index in [-0.39, 0.29) is 25.1 Å². The summed E-state index contributed by atoms with van der Waals surface area (Å²) in [6.45, 7) is -0.303. The molecule has 1 saturated heterocycles. The maximum atomic E-state index is 12.1. The van der Waals surface area contributed by atoms with Crippen LogP contribution in [0.1, 0.15) is 12.8 Å². The summed E-state index contributed by atoms with van der Waals surface area (Å²) in [6.07, 6.45) is -4.79. The highest BCUT2D eigenvalue weighted by Crippen LogP contribution is 2.23. The van der Waals surface area contributed by atoms with E-state index in [1.165, 1.54) is 19.2 Å². The first-order valence-corrected chi connectivity index (χ1v) is 8.04. The molecule has 1 fully saturated rings. The number of alkyl halides is 3. The Kier molecular flexibility index (Phi) is 6.44. The molecule has 1 unspecified atom stereocenters. The monoisotopic (exact) mass is 402 g/mol. The number of halogens is 3. The number of urea groups is 1. The normalized spacial score (nSPS) is 16.2. The molecule has 1 heterocycles. The van der Waals surface area contributed by atoms with E-state index in [9.17, 15) is 32.3 Å². The zero-order valence-corrected chi connectivity index (χ0v) is 14.6. The van der Waals surface area contributed by atoms with Gasteiger partial charge in [0.2, 0.25) is 11.8 Å². The molecule has 2 rings (SSSR count). The van der Waals surface area contributed by atoms with Crippen LogP contribution in [-0.2, 0) is 14.4 Å². The smallest absolute Gasteiger partial charge is 0.406 e. The van der Waals surface area contributed by atoms with E-state index in [0.29, 0.717) is 0 Å². The van der Waals surface area contributed by atoms with Crippen molar-refractivity contribution in [3.63, 3.8) is 0 Å². The van der Waals surface area contributed by atoms with Crippen molar-refractivity contribution in [3.8, 4) is 5.75 Å². The van der Waals surface area contributed by atoms with Crippen LogP contribution < -0.4 is 20.7 Å². The van der Waals surface area contributed by atoms with E-state index in [2.05, 4.69) is 15.4 Å². The van der Waals surface area contributed by atoms with Crippen LogP contribution in [0.3, 0.4) is 0 Å². The minimum absolute atomic E-state index is 0.0639. The molecule has 1 aliphatic rings.